The highest BCUT2D eigenvalue weighted by atomic mass is 32.2. The number of ether oxygens (including phenoxy) is 1. The third-order valence-electron chi connectivity index (χ3n) is 3.20. The lowest BCUT2D eigenvalue weighted by Crippen LogP contribution is -2.35. The molecule has 0 bridgehead atoms. The van der Waals surface area contributed by atoms with E-state index < -0.39 is 16.0 Å². The van der Waals surface area contributed by atoms with Crippen LogP contribution in [0.5, 0.6) is 0 Å². The average Bonchev–Trinajstić information content (AvgIpc) is 3.05. The van der Waals surface area contributed by atoms with E-state index in [9.17, 15) is 13.2 Å². The zero-order valence-electron chi connectivity index (χ0n) is 12.6. The highest BCUT2D eigenvalue weighted by Gasteiger charge is 2.30. The zero-order chi connectivity index (χ0) is 16.9. The average molecular weight is 354 g/mol. The molecular formula is C15H18N2O4S2. The van der Waals surface area contributed by atoms with Crippen LogP contribution in [0.25, 0.3) is 0 Å². The number of sulfonamides is 1. The van der Waals surface area contributed by atoms with Crippen molar-refractivity contribution in [1.82, 2.24) is 4.31 Å². The number of nitrogens with zero attached hydrogens (tertiary/aromatic N) is 1. The topological polar surface area (TPSA) is 89.7 Å². The van der Waals surface area contributed by atoms with Crippen molar-refractivity contribution in [3.05, 3.63) is 52.2 Å². The van der Waals surface area contributed by atoms with E-state index in [2.05, 4.69) is 4.74 Å². The van der Waals surface area contributed by atoms with Gasteiger partial charge >= 0.3 is 5.97 Å². The Bertz CT molecular complexity index is 757. The largest absolute Gasteiger partial charge is 0.465 e. The van der Waals surface area contributed by atoms with Crippen LogP contribution in [0.4, 0.5) is 0 Å². The smallest absolute Gasteiger partial charge is 0.349 e. The molecule has 2 rings (SSSR count). The highest BCUT2D eigenvalue weighted by molar-refractivity contribution is 7.89. The Morgan fingerprint density at radius 3 is 2.57 bits per heavy atom. The number of methoxy groups -OCH3 is 1. The maximum Gasteiger partial charge on any atom is 0.349 e. The Kier molecular flexibility index (Phi) is 5.89. The van der Waals surface area contributed by atoms with Gasteiger partial charge in [0.1, 0.15) is 9.77 Å². The number of esters is 1. The van der Waals surface area contributed by atoms with Crippen molar-refractivity contribution in [2.45, 2.75) is 11.4 Å². The van der Waals surface area contributed by atoms with Crippen LogP contribution >= 0.6 is 11.3 Å². The van der Waals surface area contributed by atoms with Gasteiger partial charge in [-0.2, -0.15) is 4.31 Å². The molecule has 0 saturated carbocycles. The fourth-order valence-corrected chi connectivity index (χ4v) is 4.85. The normalized spacial score (nSPS) is 11.6. The van der Waals surface area contributed by atoms with Crippen LogP contribution in [0.3, 0.4) is 0 Å². The standard InChI is InChI=1S/C15H18N2O4S2/c1-21-15(18)14-13(7-10-22-14)23(19,20)17(9-8-16)11-12-5-3-2-4-6-12/h2-7,10H,8-9,11,16H2,1H3. The second-order valence-corrected chi connectivity index (χ2v) is 7.54. The number of carbonyl (C=O) groups is 1. The van der Waals surface area contributed by atoms with Gasteiger partial charge in [0, 0.05) is 19.6 Å². The molecule has 0 aliphatic carbocycles. The first-order chi connectivity index (χ1) is 11.0. The fourth-order valence-electron chi connectivity index (χ4n) is 2.10. The molecule has 2 N–H and O–H groups in total. The Labute approximate surface area is 139 Å². The summed E-state index contributed by atoms with van der Waals surface area (Å²) in [5.74, 6) is -0.661. The molecule has 0 aliphatic heterocycles. The van der Waals surface area contributed by atoms with Crippen molar-refractivity contribution in [2.75, 3.05) is 20.2 Å². The van der Waals surface area contributed by atoms with Gasteiger partial charge in [0.2, 0.25) is 10.0 Å². The summed E-state index contributed by atoms with van der Waals surface area (Å²) < 4.78 is 31.7. The minimum Gasteiger partial charge on any atom is -0.465 e. The van der Waals surface area contributed by atoms with Gasteiger partial charge in [-0.1, -0.05) is 30.3 Å². The molecular weight excluding hydrogens is 336 g/mol. The molecule has 0 aliphatic rings. The van der Waals surface area contributed by atoms with Gasteiger partial charge in [-0.3, -0.25) is 0 Å². The molecule has 0 spiro atoms. The van der Waals surface area contributed by atoms with Gasteiger partial charge in [-0.25, -0.2) is 13.2 Å². The molecule has 1 aromatic carbocycles. The summed E-state index contributed by atoms with van der Waals surface area (Å²) in [6.45, 7) is 0.536. The summed E-state index contributed by atoms with van der Waals surface area (Å²) in [5.41, 5.74) is 6.41. The summed E-state index contributed by atoms with van der Waals surface area (Å²) in [6, 6.07) is 10.6. The van der Waals surface area contributed by atoms with Crippen molar-refractivity contribution in [2.24, 2.45) is 5.73 Å². The summed E-state index contributed by atoms with van der Waals surface area (Å²) >= 11 is 1.04. The van der Waals surface area contributed by atoms with Crippen molar-refractivity contribution in [3.63, 3.8) is 0 Å². The van der Waals surface area contributed by atoms with Crippen molar-refractivity contribution < 1.29 is 17.9 Å². The molecule has 23 heavy (non-hydrogen) atoms. The fraction of sp³-hybridized carbons (Fsp3) is 0.267. The summed E-state index contributed by atoms with van der Waals surface area (Å²) in [5, 5.41) is 1.56. The lowest BCUT2D eigenvalue weighted by Gasteiger charge is -2.21. The van der Waals surface area contributed by atoms with Gasteiger partial charge < -0.3 is 10.5 Å². The Morgan fingerprint density at radius 1 is 1.26 bits per heavy atom. The summed E-state index contributed by atoms with van der Waals surface area (Å²) in [6.07, 6.45) is 0. The Morgan fingerprint density at radius 2 is 1.96 bits per heavy atom. The molecule has 124 valence electrons. The maximum absolute atomic E-state index is 12.9. The van der Waals surface area contributed by atoms with Gasteiger partial charge in [-0.15, -0.1) is 11.3 Å². The molecule has 6 nitrogen and oxygen atoms in total. The minimum absolute atomic E-state index is 0.0428. The molecule has 0 atom stereocenters. The number of rotatable bonds is 7. The summed E-state index contributed by atoms with van der Waals surface area (Å²) in [4.78, 5) is 11.8. The molecule has 1 heterocycles. The predicted molar refractivity (Wildman–Crippen MR) is 88.8 cm³/mol. The van der Waals surface area contributed by atoms with Gasteiger partial charge in [0.05, 0.1) is 7.11 Å². The van der Waals surface area contributed by atoms with E-state index >= 15 is 0 Å². The summed E-state index contributed by atoms with van der Waals surface area (Å²) in [7, 11) is -2.62. The van der Waals surface area contributed by atoms with E-state index in [4.69, 9.17) is 5.73 Å². The first kappa shape index (κ1) is 17.6. The second-order valence-electron chi connectivity index (χ2n) is 4.72. The predicted octanol–water partition coefficient (Wildman–Crippen LogP) is 1.68. The lowest BCUT2D eigenvalue weighted by molar-refractivity contribution is 0.0602. The molecule has 0 amide bonds. The molecule has 0 unspecified atom stereocenters. The molecule has 0 radical (unpaired) electrons. The first-order valence-electron chi connectivity index (χ1n) is 6.90. The monoisotopic (exact) mass is 354 g/mol. The maximum atomic E-state index is 12.9. The van der Waals surface area contributed by atoms with E-state index in [1.54, 1.807) is 5.38 Å². The van der Waals surface area contributed by atoms with Crippen molar-refractivity contribution in [3.8, 4) is 0 Å². The van der Waals surface area contributed by atoms with E-state index in [0.717, 1.165) is 16.9 Å². The quantitative estimate of drug-likeness (QED) is 0.764. The number of hydrogen-bond acceptors (Lipinski definition) is 6. The van der Waals surface area contributed by atoms with Crippen LogP contribution in [0.2, 0.25) is 0 Å². The minimum atomic E-state index is -3.84. The van der Waals surface area contributed by atoms with Crippen LogP contribution in [0, 0.1) is 0 Å². The van der Waals surface area contributed by atoms with Crippen LogP contribution in [-0.4, -0.2) is 38.9 Å². The van der Waals surface area contributed by atoms with E-state index in [0.29, 0.717) is 0 Å². The lowest BCUT2D eigenvalue weighted by atomic mass is 10.2. The number of hydrogen-bond donors (Lipinski definition) is 1. The van der Waals surface area contributed by atoms with Gasteiger partial charge in [0.25, 0.3) is 0 Å². The Balaban J connectivity index is 2.38. The molecule has 8 heteroatoms. The highest BCUT2D eigenvalue weighted by Crippen LogP contribution is 2.26. The second kappa shape index (κ2) is 7.69. The number of carbonyl (C=O) groups excluding carboxylic acids is 1. The molecule has 0 saturated heterocycles. The first-order valence-corrected chi connectivity index (χ1v) is 9.22. The van der Waals surface area contributed by atoms with Gasteiger partial charge in [-0.05, 0) is 17.0 Å². The third kappa shape index (κ3) is 3.97. The van der Waals surface area contributed by atoms with Crippen molar-refractivity contribution in [1.29, 1.82) is 0 Å². The van der Waals surface area contributed by atoms with Crippen LogP contribution < -0.4 is 5.73 Å². The number of benzene rings is 1. The third-order valence-corrected chi connectivity index (χ3v) is 6.11. The zero-order valence-corrected chi connectivity index (χ0v) is 14.3. The van der Waals surface area contributed by atoms with E-state index in [-0.39, 0.29) is 29.4 Å². The van der Waals surface area contributed by atoms with Gasteiger partial charge in [0.15, 0.2) is 0 Å². The molecule has 0 fully saturated rings. The molecule has 2 aromatic rings. The van der Waals surface area contributed by atoms with Crippen LogP contribution in [0.15, 0.2) is 46.7 Å². The number of nitrogens with two attached hydrogens (primary N) is 1. The van der Waals surface area contributed by atoms with E-state index in [1.165, 1.54) is 17.5 Å². The number of thiophene rings is 1. The van der Waals surface area contributed by atoms with Crippen molar-refractivity contribution >= 4 is 27.3 Å². The SMILES string of the molecule is COC(=O)c1sccc1S(=O)(=O)N(CCN)Cc1ccccc1. The van der Waals surface area contributed by atoms with Crippen LogP contribution in [-0.2, 0) is 21.3 Å². The Hall–Kier alpha value is -1.74. The molecule has 1 aromatic heterocycles. The van der Waals surface area contributed by atoms with Crippen LogP contribution in [0.1, 0.15) is 15.2 Å². The van der Waals surface area contributed by atoms with E-state index in [1.807, 2.05) is 30.3 Å².